The predicted octanol–water partition coefficient (Wildman–Crippen LogP) is 5.82. The van der Waals surface area contributed by atoms with Crippen LogP contribution in [0.1, 0.15) is 25.0 Å². The van der Waals surface area contributed by atoms with E-state index in [9.17, 15) is 0 Å². The first-order valence-electron chi connectivity index (χ1n) is 11.8. The lowest BCUT2D eigenvalue weighted by Crippen LogP contribution is -2.21. The number of ether oxygens (including phenoxy) is 2. The third kappa shape index (κ3) is 4.99. The van der Waals surface area contributed by atoms with Crippen LogP contribution in [0.2, 0.25) is 0 Å². The Hall–Kier alpha value is -3.58. The number of likely N-dealkylation sites (tertiary alicyclic amines) is 1. The molecule has 3 aromatic heterocycles. The number of aryl methyl sites for hydroxylation is 1. The van der Waals surface area contributed by atoms with E-state index in [0.29, 0.717) is 18.1 Å². The van der Waals surface area contributed by atoms with Gasteiger partial charge < -0.3 is 24.1 Å². The fourth-order valence-corrected chi connectivity index (χ4v) is 4.38. The first kappa shape index (κ1) is 22.2. The van der Waals surface area contributed by atoms with E-state index in [-0.39, 0.29) is 0 Å². The SMILES string of the molecule is COc1cc2c(Nc3ccncc3)cc(-c3ccc(C)o3)nc2cc1OCCCN1CCCC1. The van der Waals surface area contributed by atoms with Crippen molar-refractivity contribution in [1.29, 1.82) is 0 Å². The second-order valence-corrected chi connectivity index (χ2v) is 8.60. The summed E-state index contributed by atoms with van der Waals surface area (Å²) in [7, 11) is 1.67. The lowest BCUT2D eigenvalue weighted by atomic mass is 10.1. The Kier molecular flexibility index (Phi) is 6.62. The summed E-state index contributed by atoms with van der Waals surface area (Å²) in [5, 5.41) is 4.43. The minimum absolute atomic E-state index is 0.636. The number of furan rings is 1. The minimum Gasteiger partial charge on any atom is -0.493 e. The smallest absolute Gasteiger partial charge is 0.163 e. The van der Waals surface area contributed by atoms with Gasteiger partial charge in [0.15, 0.2) is 17.3 Å². The first-order chi connectivity index (χ1) is 16.7. The third-order valence-corrected chi connectivity index (χ3v) is 6.12. The molecular formula is C27H30N4O3. The van der Waals surface area contributed by atoms with Crippen LogP contribution in [0.5, 0.6) is 11.5 Å². The van der Waals surface area contributed by atoms with E-state index in [1.807, 2.05) is 49.4 Å². The summed E-state index contributed by atoms with van der Waals surface area (Å²) in [6, 6.07) is 13.7. The van der Waals surface area contributed by atoms with Crippen LogP contribution >= 0.6 is 0 Å². The Labute approximate surface area is 199 Å². The number of pyridine rings is 2. The maximum absolute atomic E-state index is 6.16. The summed E-state index contributed by atoms with van der Waals surface area (Å²) in [6.07, 6.45) is 7.11. The predicted molar refractivity (Wildman–Crippen MR) is 134 cm³/mol. The molecule has 0 aliphatic carbocycles. The minimum atomic E-state index is 0.636. The van der Waals surface area contributed by atoms with Gasteiger partial charge in [-0.15, -0.1) is 0 Å². The molecule has 176 valence electrons. The lowest BCUT2D eigenvalue weighted by molar-refractivity contribution is 0.254. The number of benzene rings is 1. The standard InChI is InChI=1S/C27H30N4O3/c1-19-6-7-25(34-19)24-17-22(29-20-8-10-28-11-9-20)21-16-26(32-2)27(18-23(21)30-24)33-15-5-14-31-12-3-4-13-31/h6-11,16-18H,3-5,12-15H2,1-2H3,(H,28,29,30). The maximum atomic E-state index is 6.16. The van der Waals surface area contributed by atoms with Crippen LogP contribution in [0.4, 0.5) is 11.4 Å². The van der Waals surface area contributed by atoms with Crippen LogP contribution in [0.15, 0.2) is 59.3 Å². The number of hydrogen-bond donors (Lipinski definition) is 1. The Morgan fingerprint density at radius 1 is 1.03 bits per heavy atom. The summed E-state index contributed by atoms with van der Waals surface area (Å²) >= 11 is 0. The van der Waals surface area contributed by atoms with Gasteiger partial charge in [0.1, 0.15) is 11.5 Å². The molecule has 1 fully saturated rings. The van der Waals surface area contributed by atoms with E-state index < -0.39 is 0 Å². The molecule has 7 heteroatoms. The number of aromatic nitrogens is 2. The van der Waals surface area contributed by atoms with Crippen molar-refractivity contribution in [1.82, 2.24) is 14.9 Å². The van der Waals surface area contributed by atoms with Crippen molar-refractivity contribution < 1.29 is 13.9 Å². The average Bonchev–Trinajstić information content (AvgIpc) is 3.54. The van der Waals surface area contributed by atoms with Gasteiger partial charge in [-0.05, 0) is 75.7 Å². The molecule has 1 saturated heterocycles. The highest BCUT2D eigenvalue weighted by Crippen LogP contribution is 2.38. The van der Waals surface area contributed by atoms with E-state index in [4.69, 9.17) is 18.9 Å². The third-order valence-electron chi connectivity index (χ3n) is 6.12. The van der Waals surface area contributed by atoms with Crippen LogP contribution in [-0.2, 0) is 0 Å². The van der Waals surface area contributed by atoms with Crippen molar-refractivity contribution in [2.75, 3.05) is 38.7 Å². The number of nitrogens with zero attached hydrogens (tertiary/aromatic N) is 3. The zero-order valence-corrected chi connectivity index (χ0v) is 19.7. The molecular weight excluding hydrogens is 428 g/mol. The largest absolute Gasteiger partial charge is 0.493 e. The number of fused-ring (bicyclic) bond motifs is 1. The topological polar surface area (TPSA) is 72.6 Å². The van der Waals surface area contributed by atoms with E-state index in [1.54, 1.807) is 19.5 Å². The van der Waals surface area contributed by atoms with E-state index in [0.717, 1.165) is 52.5 Å². The molecule has 4 heterocycles. The van der Waals surface area contributed by atoms with Crippen LogP contribution < -0.4 is 14.8 Å². The molecule has 0 atom stereocenters. The summed E-state index contributed by atoms with van der Waals surface area (Å²) in [5.74, 6) is 2.96. The lowest BCUT2D eigenvalue weighted by Gasteiger charge is -2.17. The number of rotatable bonds is 9. The summed E-state index contributed by atoms with van der Waals surface area (Å²) < 4.78 is 17.7. The van der Waals surface area contributed by atoms with Crippen molar-refractivity contribution in [2.24, 2.45) is 0 Å². The van der Waals surface area contributed by atoms with Crippen LogP contribution in [0, 0.1) is 6.92 Å². The van der Waals surface area contributed by atoms with Gasteiger partial charge in [0.05, 0.1) is 24.9 Å². The van der Waals surface area contributed by atoms with E-state index in [1.165, 1.54) is 25.9 Å². The van der Waals surface area contributed by atoms with Crippen molar-refractivity contribution in [3.05, 3.63) is 60.6 Å². The first-order valence-corrected chi connectivity index (χ1v) is 11.8. The molecule has 1 aromatic carbocycles. The number of hydrogen-bond acceptors (Lipinski definition) is 7. The highest BCUT2D eigenvalue weighted by atomic mass is 16.5. The molecule has 4 aromatic rings. The fourth-order valence-electron chi connectivity index (χ4n) is 4.38. The molecule has 1 N–H and O–H groups in total. The van der Waals surface area contributed by atoms with Gasteiger partial charge in [0, 0.05) is 36.1 Å². The highest BCUT2D eigenvalue weighted by Gasteiger charge is 2.16. The molecule has 0 unspecified atom stereocenters. The van der Waals surface area contributed by atoms with E-state index in [2.05, 4.69) is 15.2 Å². The Morgan fingerprint density at radius 3 is 2.59 bits per heavy atom. The molecule has 0 spiro atoms. The zero-order chi connectivity index (χ0) is 23.3. The fraction of sp³-hybridized carbons (Fsp3) is 0.333. The van der Waals surface area contributed by atoms with Crippen LogP contribution in [0.3, 0.4) is 0 Å². The van der Waals surface area contributed by atoms with Crippen LogP contribution in [0.25, 0.3) is 22.4 Å². The van der Waals surface area contributed by atoms with Crippen LogP contribution in [-0.4, -0.2) is 48.2 Å². The van der Waals surface area contributed by atoms with Crippen molar-refractivity contribution in [2.45, 2.75) is 26.2 Å². The Bertz CT molecular complexity index is 1250. The Morgan fingerprint density at radius 2 is 1.85 bits per heavy atom. The molecule has 1 aliphatic heterocycles. The van der Waals surface area contributed by atoms with Gasteiger partial charge in [-0.2, -0.15) is 0 Å². The van der Waals surface area contributed by atoms with Gasteiger partial charge in [-0.25, -0.2) is 4.98 Å². The molecule has 1 aliphatic rings. The molecule has 7 nitrogen and oxygen atoms in total. The monoisotopic (exact) mass is 458 g/mol. The molecule has 34 heavy (non-hydrogen) atoms. The molecule has 0 radical (unpaired) electrons. The summed E-state index contributed by atoms with van der Waals surface area (Å²) in [4.78, 5) is 11.5. The van der Waals surface area contributed by atoms with Gasteiger partial charge in [0.25, 0.3) is 0 Å². The zero-order valence-electron chi connectivity index (χ0n) is 19.7. The highest BCUT2D eigenvalue weighted by molar-refractivity contribution is 5.97. The van der Waals surface area contributed by atoms with Gasteiger partial charge in [0.2, 0.25) is 0 Å². The second-order valence-electron chi connectivity index (χ2n) is 8.60. The van der Waals surface area contributed by atoms with Crippen molar-refractivity contribution >= 4 is 22.3 Å². The summed E-state index contributed by atoms with van der Waals surface area (Å²) in [6.45, 7) is 6.03. The normalized spacial score (nSPS) is 13.9. The van der Waals surface area contributed by atoms with Gasteiger partial charge in [-0.3, -0.25) is 4.98 Å². The number of nitrogens with one attached hydrogen (secondary N) is 1. The van der Waals surface area contributed by atoms with Gasteiger partial charge in [-0.1, -0.05) is 0 Å². The molecule has 0 amide bonds. The molecule has 5 rings (SSSR count). The number of methoxy groups -OCH3 is 1. The Balaban J connectivity index is 1.47. The molecule has 0 saturated carbocycles. The second kappa shape index (κ2) is 10.1. The van der Waals surface area contributed by atoms with Gasteiger partial charge >= 0.3 is 0 Å². The maximum Gasteiger partial charge on any atom is 0.163 e. The summed E-state index contributed by atoms with van der Waals surface area (Å²) in [5.41, 5.74) is 3.39. The van der Waals surface area contributed by atoms with Crippen molar-refractivity contribution in [3.8, 4) is 23.0 Å². The number of anilines is 2. The van der Waals surface area contributed by atoms with E-state index >= 15 is 0 Å². The molecule has 0 bridgehead atoms. The quantitative estimate of drug-likeness (QED) is 0.317. The van der Waals surface area contributed by atoms with Crippen molar-refractivity contribution in [3.63, 3.8) is 0 Å². The average molecular weight is 459 g/mol.